The van der Waals surface area contributed by atoms with E-state index in [0.717, 1.165) is 41.9 Å². The van der Waals surface area contributed by atoms with Crippen LogP contribution < -0.4 is 5.32 Å². The Morgan fingerprint density at radius 1 is 1.05 bits per heavy atom. The van der Waals surface area contributed by atoms with Gasteiger partial charge in [0.25, 0.3) is 0 Å². The predicted molar refractivity (Wildman–Crippen MR) is 69.0 cm³/mol. The van der Waals surface area contributed by atoms with Crippen LogP contribution in [0.15, 0.2) is 36.4 Å². The molecule has 1 N–H and O–H groups in total. The van der Waals surface area contributed by atoms with E-state index in [9.17, 15) is 17.6 Å². The highest BCUT2D eigenvalue weighted by molar-refractivity contribution is 5.76. The number of halogens is 4. The lowest BCUT2D eigenvalue weighted by atomic mass is 9.96. The van der Waals surface area contributed by atoms with Gasteiger partial charge in [0.1, 0.15) is 5.82 Å². The van der Waals surface area contributed by atoms with Gasteiger partial charge < -0.3 is 5.32 Å². The first-order valence-electron chi connectivity index (χ1n) is 6.20. The lowest BCUT2D eigenvalue weighted by molar-refractivity contribution is -0.139. The predicted octanol–water partition coefficient (Wildman–Crippen LogP) is 4.48. The van der Waals surface area contributed by atoms with Gasteiger partial charge in [-0.25, -0.2) is 4.39 Å². The van der Waals surface area contributed by atoms with Crippen LogP contribution in [0.2, 0.25) is 0 Å². The van der Waals surface area contributed by atoms with Crippen molar-refractivity contribution >= 4 is 5.69 Å². The Morgan fingerprint density at radius 2 is 1.85 bits per heavy atom. The Morgan fingerprint density at radius 3 is 2.60 bits per heavy atom. The van der Waals surface area contributed by atoms with Crippen molar-refractivity contribution in [3.8, 4) is 11.1 Å². The normalized spacial score (nSPS) is 14.0. The third kappa shape index (κ3) is 2.13. The minimum atomic E-state index is -4.68. The summed E-state index contributed by atoms with van der Waals surface area (Å²) in [6, 6.07) is 8.57. The summed E-state index contributed by atoms with van der Waals surface area (Å²) in [6.45, 7) is 0.764. The minimum absolute atomic E-state index is 0.388. The summed E-state index contributed by atoms with van der Waals surface area (Å²) in [5.41, 5.74) is 1.79. The third-order valence-corrected chi connectivity index (χ3v) is 3.45. The fourth-order valence-electron chi connectivity index (χ4n) is 2.52. The summed E-state index contributed by atoms with van der Waals surface area (Å²) in [5, 5.41) is 3.17. The van der Waals surface area contributed by atoms with Crippen molar-refractivity contribution < 1.29 is 17.6 Å². The fraction of sp³-hybridized carbons (Fsp3) is 0.200. The Kier molecular flexibility index (Phi) is 2.92. The van der Waals surface area contributed by atoms with Crippen LogP contribution in [0.5, 0.6) is 0 Å². The molecule has 1 nitrogen and oxygen atoms in total. The highest BCUT2D eigenvalue weighted by Crippen LogP contribution is 2.37. The average Bonchev–Trinajstić information content (AvgIpc) is 2.86. The Hall–Kier alpha value is -2.04. The highest BCUT2D eigenvalue weighted by atomic mass is 19.4. The lowest BCUT2D eigenvalue weighted by Crippen LogP contribution is -2.08. The van der Waals surface area contributed by atoms with Gasteiger partial charge in [-0.05, 0) is 41.3 Å². The van der Waals surface area contributed by atoms with Crippen molar-refractivity contribution in [2.45, 2.75) is 12.6 Å². The maximum atomic E-state index is 13.3. The van der Waals surface area contributed by atoms with Crippen LogP contribution in [-0.4, -0.2) is 6.54 Å². The van der Waals surface area contributed by atoms with Gasteiger partial charge in [-0.15, -0.1) is 0 Å². The Bertz CT molecular complexity index is 661. The van der Waals surface area contributed by atoms with E-state index in [0.29, 0.717) is 5.56 Å². The van der Waals surface area contributed by atoms with Crippen LogP contribution in [0, 0.1) is 5.82 Å². The van der Waals surface area contributed by atoms with E-state index in [1.165, 1.54) is 6.07 Å². The zero-order valence-electron chi connectivity index (χ0n) is 10.4. The largest absolute Gasteiger partial charge is 0.419 e. The molecule has 104 valence electrons. The second-order valence-corrected chi connectivity index (χ2v) is 4.70. The SMILES string of the molecule is Fc1ccc(-c2cccc3c2CCN3)cc1C(F)(F)F. The molecule has 0 radical (unpaired) electrons. The lowest BCUT2D eigenvalue weighted by Gasteiger charge is -2.12. The molecule has 0 saturated carbocycles. The average molecular weight is 281 g/mol. The molecule has 20 heavy (non-hydrogen) atoms. The summed E-state index contributed by atoms with van der Waals surface area (Å²) in [5.74, 6) is -1.24. The van der Waals surface area contributed by atoms with E-state index in [-0.39, 0.29) is 0 Å². The van der Waals surface area contributed by atoms with E-state index in [1.54, 1.807) is 12.1 Å². The minimum Gasteiger partial charge on any atom is -0.384 e. The van der Waals surface area contributed by atoms with E-state index in [1.807, 2.05) is 6.07 Å². The molecule has 0 fully saturated rings. The highest BCUT2D eigenvalue weighted by Gasteiger charge is 2.34. The number of alkyl halides is 3. The van der Waals surface area contributed by atoms with Crippen molar-refractivity contribution in [2.75, 3.05) is 11.9 Å². The van der Waals surface area contributed by atoms with Crippen molar-refractivity contribution in [3.63, 3.8) is 0 Å². The van der Waals surface area contributed by atoms with E-state index in [4.69, 9.17) is 0 Å². The van der Waals surface area contributed by atoms with Crippen LogP contribution in [0.1, 0.15) is 11.1 Å². The molecule has 0 aliphatic carbocycles. The number of anilines is 1. The number of benzene rings is 2. The third-order valence-electron chi connectivity index (χ3n) is 3.45. The first-order valence-corrected chi connectivity index (χ1v) is 6.20. The van der Waals surface area contributed by atoms with E-state index in [2.05, 4.69) is 5.32 Å². The number of rotatable bonds is 1. The van der Waals surface area contributed by atoms with Crippen LogP contribution in [-0.2, 0) is 12.6 Å². The number of fused-ring (bicyclic) bond motifs is 1. The van der Waals surface area contributed by atoms with Gasteiger partial charge in [-0.2, -0.15) is 13.2 Å². The molecule has 0 saturated heterocycles. The molecule has 5 heteroatoms. The first kappa shape index (κ1) is 13.0. The van der Waals surface area contributed by atoms with Gasteiger partial charge in [0.2, 0.25) is 0 Å². The van der Waals surface area contributed by atoms with Crippen LogP contribution in [0.25, 0.3) is 11.1 Å². The van der Waals surface area contributed by atoms with E-state index >= 15 is 0 Å². The number of nitrogens with one attached hydrogen (secondary N) is 1. The van der Waals surface area contributed by atoms with Crippen LogP contribution >= 0.6 is 0 Å². The molecule has 1 aliphatic rings. The van der Waals surface area contributed by atoms with Gasteiger partial charge in [0.05, 0.1) is 5.56 Å². The van der Waals surface area contributed by atoms with E-state index < -0.39 is 17.6 Å². The van der Waals surface area contributed by atoms with Crippen molar-refractivity contribution in [3.05, 3.63) is 53.3 Å². The van der Waals surface area contributed by atoms with Crippen molar-refractivity contribution in [2.24, 2.45) is 0 Å². The maximum absolute atomic E-state index is 13.3. The van der Waals surface area contributed by atoms with Gasteiger partial charge in [-0.3, -0.25) is 0 Å². The van der Waals surface area contributed by atoms with Gasteiger partial charge in [0.15, 0.2) is 0 Å². The molecular weight excluding hydrogens is 270 g/mol. The summed E-state index contributed by atoms with van der Waals surface area (Å²) in [4.78, 5) is 0. The zero-order chi connectivity index (χ0) is 14.3. The molecule has 0 atom stereocenters. The summed E-state index contributed by atoms with van der Waals surface area (Å²) in [7, 11) is 0. The fourth-order valence-corrected chi connectivity index (χ4v) is 2.52. The quantitative estimate of drug-likeness (QED) is 0.760. The molecule has 0 amide bonds. The smallest absolute Gasteiger partial charge is 0.384 e. The van der Waals surface area contributed by atoms with Crippen molar-refractivity contribution in [1.29, 1.82) is 0 Å². The molecule has 1 heterocycles. The number of hydrogen-bond donors (Lipinski definition) is 1. The molecule has 0 bridgehead atoms. The molecular formula is C15H11F4N. The van der Waals surface area contributed by atoms with Gasteiger partial charge in [-0.1, -0.05) is 18.2 Å². The van der Waals surface area contributed by atoms with Gasteiger partial charge in [0, 0.05) is 12.2 Å². The molecule has 3 rings (SSSR count). The summed E-state index contributed by atoms with van der Waals surface area (Å²) < 4.78 is 51.6. The summed E-state index contributed by atoms with van der Waals surface area (Å²) >= 11 is 0. The second kappa shape index (κ2) is 4.51. The first-order chi connectivity index (χ1) is 9.47. The standard InChI is InChI=1S/C15H11F4N/c16-13-5-4-9(8-12(13)15(17,18)19)10-2-1-3-14-11(10)6-7-20-14/h1-5,8,20H,6-7H2. The van der Waals surface area contributed by atoms with Crippen LogP contribution in [0.4, 0.5) is 23.2 Å². The molecule has 0 spiro atoms. The molecule has 1 aliphatic heterocycles. The Balaban J connectivity index is 2.15. The molecule has 2 aromatic rings. The topological polar surface area (TPSA) is 12.0 Å². The Labute approximate surface area is 113 Å². The van der Waals surface area contributed by atoms with Crippen LogP contribution in [0.3, 0.4) is 0 Å². The molecule has 0 aromatic heterocycles. The molecule has 0 unspecified atom stereocenters. The summed E-state index contributed by atoms with van der Waals surface area (Å²) in [6.07, 6.45) is -3.93. The molecule has 2 aromatic carbocycles. The van der Waals surface area contributed by atoms with Gasteiger partial charge >= 0.3 is 6.18 Å². The monoisotopic (exact) mass is 281 g/mol. The zero-order valence-corrected chi connectivity index (χ0v) is 10.4. The number of hydrogen-bond acceptors (Lipinski definition) is 1. The maximum Gasteiger partial charge on any atom is 0.419 e. The van der Waals surface area contributed by atoms with Crippen molar-refractivity contribution in [1.82, 2.24) is 0 Å². The second-order valence-electron chi connectivity index (χ2n) is 4.70.